The van der Waals surface area contributed by atoms with Crippen molar-refractivity contribution in [1.82, 2.24) is 9.36 Å². The molecule has 78 valence electrons. The summed E-state index contributed by atoms with van der Waals surface area (Å²) in [6.07, 6.45) is 7.01. The van der Waals surface area contributed by atoms with Gasteiger partial charge in [-0.2, -0.15) is 4.37 Å². The lowest BCUT2D eigenvalue weighted by Crippen LogP contribution is -2.06. The van der Waals surface area contributed by atoms with E-state index in [1.165, 1.54) is 43.6 Å². The first-order valence-corrected chi connectivity index (χ1v) is 6.16. The van der Waals surface area contributed by atoms with Gasteiger partial charge in [0.2, 0.25) is 5.13 Å². The third-order valence-electron chi connectivity index (χ3n) is 2.83. The Kier molecular flexibility index (Phi) is 3.35. The molecule has 1 aliphatic rings. The Hall–Kier alpha value is -0.640. The van der Waals surface area contributed by atoms with Crippen molar-refractivity contribution in [3.63, 3.8) is 0 Å². The molecular formula is C10H17N3S. The monoisotopic (exact) mass is 211 g/mol. The Bertz CT molecular complexity index is 279. The number of aromatic nitrogens is 2. The first kappa shape index (κ1) is 9.90. The van der Waals surface area contributed by atoms with E-state index >= 15 is 0 Å². The highest BCUT2D eigenvalue weighted by atomic mass is 32.1. The minimum absolute atomic E-state index is 0.873. The van der Waals surface area contributed by atoms with Crippen LogP contribution in [-0.4, -0.2) is 15.9 Å². The van der Waals surface area contributed by atoms with Gasteiger partial charge in [0.1, 0.15) is 5.82 Å². The molecule has 0 aliphatic heterocycles. The van der Waals surface area contributed by atoms with Crippen molar-refractivity contribution in [2.75, 3.05) is 11.9 Å². The van der Waals surface area contributed by atoms with Gasteiger partial charge in [0, 0.05) is 18.1 Å². The third kappa shape index (κ3) is 2.67. The second kappa shape index (κ2) is 4.73. The van der Waals surface area contributed by atoms with Gasteiger partial charge in [-0.15, -0.1) is 0 Å². The van der Waals surface area contributed by atoms with E-state index in [1.54, 1.807) is 0 Å². The van der Waals surface area contributed by atoms with E-state index < -0.39 is 0 Å². The van der Waals surface area contributed by atoms with E-state index in [9.17, 15) is 0 Å². The van der Waals surface area contributed by atoms with E-state index in [2.05, 4.69) is 14.7 Å². The summed E-state index contributed by atoms with van der Waals surface area (Å²) in [6, 6.07) is 0. The molecule has 0 radical (unpaired) electrons. The zero-order valence-corrected chi connectivity index (χ0v) is 9.44. The molecule has 0 unspecified atom stereocenters. The summed E-state index contributed by atoms with van der Waals surface area (Å²) in [5.41, 5.74) is 0. The topological polar surface area (TPSA) is 37.8 Å². The van der Waals surface area contributed by atoms with Gasteiger partial charge < -0.3 is 5.32 Å². The van der Waals surface area contributed by atoms with Gasteiger partial charge in [-0.25, -0.2) is 4.98 Å². The molecule has 4 heteroatoms. The first-order chi connectivity index (χ1) is 6.84. The van der Waals surface area contributed by atoms with Crippen LogP contribution in [0.25, 0.3) is 0 Å². The zero-order chi connectivity index (χ0) is 9.80. The Morgan fingerprint density at radius 2 is 2.21 bits per heavy atom. The van der Waals surface area contributed by atoms with Gasteiger partial charge in [-0.05, 0) is 19.3 Å². The highest BCUT2D eigenvalue weighted by molar-refractivity contribution is 7.09. The molecule has 1 N–H and O–H groups in total. The van der Waals surface area contributed by atoms with Crippen LogP contribution in [0.2, 0.25) is 0 Å². The SMILES string of the molecule is Cc1nsc(NCCC2CCCC2)n1. The van der Waals surface area contributed by atoms with E-state index in [0.29, 0.717) is 0 Å². The van der Waals surface area contributed by atoms with Crippen molar-refractivity contribution in [2.45, 2.75) is 39.0 Å². The van der Waals surface area contributed by atoms with Crippen LogP contribution < -0.4 is 5.32 Å². The predicted octanol–water partition coefficient (Wildman–Crippen LogP) is 2.84. The quantitative estimate of drug-likeness (QED) is 0.832. The Morgan fingerprint density at radius 1 is 1.43 bits per heavy atom. The van der Waals surface area contributed by atoms with Gasteiger partial charge in [0.15, 0.2) is 0 Å². The van der Waals surface area contributed by atoms with Crippen LogP contribution in [0, 0.1) is 12.8 Å². The molecule has 0 saturated heterocycles. The zero-order valence-electron chi connectivity index (χ0n) is 8.62. The minimum atomic E-state index is 0.873. The maximum absolute atomic E-state index is 4.27. The molecule has 3 nitrogen and oxygen atoms in total. The van der Waals surface area contributed by atoms with Crippen molar-refractivity contribution in [3.05, 3.63) is 5.82 Å². The molecule has 14 heavy (non-hydrogen) atoms. The van der Waals surface area contributed by atoms with E-state index in [4.69, 9.17) is 0 Å². The van der Waals surface area contributed by atoms with Crippen LogP contribution in [0.3, 0.4) is 0 Å². The second-order valence-electron chi connectivity index (χ2n) is 4.01. The van der Waals surface area contributed by atoms with Crippen molar-refractivity contribution < 1.29 is 0 Å². The van der Waals surface area contributed by atoms with Crippen LogP contribution in [0.15, 0.2) is 0 Å². The van der Waals surface area contributed by atoms with E-state index in [0.717, 1.165) is 23.4 Å². The molecular weight excluding hydrogens is 194 g/mol. The number of aryl methyl sites for hydroxylation is 1. The van der Waals surface area contributed by atoms with Gasteiger partial charge in [-0.1, -0.05) is 25.7 Å². The van der Waals surface area contributed by atoms with Crippen LogP contribution in [-0.2, 0) is 0 Å². The molecule has 0 bridgehead atoms. The van der Waals surface area contributed by atoms with Crippen LogP contribution >= 0.6 is 11.5 Å². The van der Waals surface area contributed by atoms with Gasteiger partial charge in [0.25, 0.3) is 0 Å². The number of hydrogen-bond acceptors (Lipinski definition) is 4. The van der Waals surface area contributed by atoms with Crippen LogP contribution in [0.4, 0.5) is 5.13 Å². The van der Waals surface area contributed by atoms with Gasteiger partial charge in [-0.3, -0.25) is 0 Å². The normalized spacial score (nSPS) is 17.5. The molecule has 1 aromatic heterocycles. The van der Waals surface area contributed by atoms with Gasteiger partial charge in [0.05, 0.1) is 0 Å². The lowest BCUT2D eigenvalue weighted by atomic mass is 10.0. The highest BCUT2D eigenvalue weighted by Crippen LogP contribution is 2.27. The fraction of sp³-hybridized carbons (Fsp3) is 0.800. The molecule has 0 spiro atoms. The molecule has 1 heterocycles. The van der Waals surface area contributed by atoms with Crippen LogP contribution in [0.5, 0.6) is 0 Å². The molecule has 1 aromatic rings. The summed E-state index contributed by atoms with van der Waals surface area (Å²) < 4.78 is 4.14. The average Bonchev–Trinajstić information content (AvgIpc) is 2.77. The van der Waals surface area contributed by atoms with Crippen molar-refractivity contribution in [3.8, 4) is 0 Å². The molecule has 0 atom stereocenters. The fourth-order valence-corrected chi connectivity index (χ4v) is 2.65. The van der Waals surface area contributed by atoms with Crippen molar-refractivity contribution >= 4 is 16.7 Å². The fourth-order valence-electron chi connectivity index (χ4n) is 2.05. The summed E-state index contributed by atoms with van der Waals surface area (Å²) in [6.45, 7) is 2.98. The first-order valence-electron chi connectivity index (χ1n) is 5.39. The molecule has 1 fully saturated rings. The smallest absolute Gasteiger partial charge is 0.202 e. The molecule has 1 aliphatic carbocycles. The summed E-state index contributed by atoms with van der Waals surface area (Å²) in [5.74, 6) is 1.83. The third-order valence-corrected chi connectivity index (χ3v) is 3.60. The summed E-state index contributed by atoms with van der Waals surface area (Å²) in [5, 5.41) is 4.31. The maximum atomic E-state index is 4.27. The largest absolute Gasteiger partial charge is 0.360 e. The number of hydrogen-bond donors (Lipinski definition) is 1. The molecule has 2 rings (SSSR count). The summed E-state index contributed by atoms with van der Waals surface area (Å²) in [7, 11) is 0. The number of nitrogens with one attached hydrogen (secondary N) is 1. The highest BCUT2D eigenvalue weighted by Gasteiger charge is 2.14. The average molecular weight is 211 g/mol. The molecule has 1 saturated carbocycles. The van der Waals surface area contributed by atoms with E-state index in [1.807, 2.05) is 6.92 Å². The Morgan fingerprint density at radius 3 is 2.86 bits per heavy atom. The molecule has 0 aromatic carbocycles. The maximum Gasteiger partial charge on any atom is 0.202 e. The summed E-state index contributed by atoms with van der Waals surface area (Å²) >= 11 is 1.46. The van der Waals surface area contributed by atoms with Gasteiger partial charge >= 0.3 is 0 Å². The Labute approximate surface area is 89.1 Å². The number of nitrogens with zero attached hydrogens (tertiary/aromatic N) is 2. The predicted molar refractivity (Wildman–Crippen MR) is 59.7 cm³/mol. The lowest BCUT2D eigenvalue weighted by Gasteiger charge is -2.08. The second-order valence-corrected chi connectivity index (χ2v) is 4.76. The standard InChI is InChI=1S/C10H17N3S/c1-8-12-10(14-13-8)11-7-6-9-4-2-3-5-9/h9H,2-7H2,1H3,(H,11,12,13). The van der Waals surface area contributed by atoms with Crippen molar-refractivity contribution in [2.24, 2.45) is 5.92 Å². The number of rotatable bonds is 4. The molecule has 0 amide bonds. The number of anilines is 1. The lowest BCUT2D eigenvalue weighted by molar-refractivity contribution is 0.518. The summed E-state index contributed by atoms with van der Waals surface area (Å²) in [4.78, 5) is 4.27. The van der Waals surface area contributed by atoms with Crippen LogP contribution in [0.1, 0.15) is 37.9 Å². The Balaban J connectivity index is 1.67. The van der Waals surface area contributed by atoms with E-state index in [-0.39, 0.29) is 0 Å². The van der Waals surface area contributed by atoms with Crippen molar-refractivity contribution in [1.29, 1.82) is 0 Å². The minimum Gasteiger partial charge on any atom is -0.360 e.